The first-order valence-electron chi connectivity index (χ1n) is 6.29. The number of hydrogen-bond donors (Lipinski definition) is 1. The highest BCUT2D eigenvalue weighted by atomic mass is 16.5. The molecule has 2 atom stereocenters. The van der Waals surface area contributed by atoms with Crippen LogP contribution in [0.3, 0.4) is 0 Å². The van der Waals surface area contributed by atoms with E-state index in [1.165, 1.54) is 12.8 Å². The lowest BCUT2D eigenvalue weighted by atomic mass is 10.1. The van der Waals surface area contributed by atoms with E-state index in [4.69, 9.17) is 4.74 Å². The van der Waals surface area contributed by atoms with Gasteiger partial charge in [-0.1, -0.05) is 13.3 Å². The van der Waals surface area contributed by atoms with Gasteiger partial charge in [-0.2, -0.15) is 0 Å². The van der Waals surface area contributed by atoms with Crippen molar-refractivity contribution in [3.05, 3.63) is 0 Å². The molecule has 1 rings (SSSR count). The molecule has 0 aromatic rings. The molecule has 1 aliphatic heterocycles. The first-order chi connectivity index (χ1) is 7.24. The zero-order valence-electron chi connectivity index (χ0n) is 10.5. The average molecular weight is 214 g/mol. The Bertz CT molecular complexity index is 164. The van der Waals surface area contributed by atoms with E-state index in [9.17, 15) is 0 Å². The van der Waals surface area contributed by atoms with Gasteiger partial charge < -0.3 is 10.1 Å². The van der Waals surface area contributed by atoms with Crippen LogP contribution in [0.4, 0.5) is 0 Å². The molecule has 0 aromatic carbocycles. The Hall–Kier alpha value is -0.120. The van der Waals surface area contributed by atoms with Crippen molar-refractivity contribution in [2.45, 2.75) is 45.7 Å². The van der Waals surface area contributed by atoms with Crippen LogP contribution in [0, 0.1) is 0 Å². The Morgan fingerprint density at radius 3 is 2.87 bits per heavy atom. The normalized spacial score (nSPS) is 28.2. The fourth-order valence-electron chi connectivity index (χ4n) is 1.94. The van der Waals surface area contributed by atoms with Gasteiger partial charge in [-0.3, -0.25) is 4.90 Å². The third-order valence-corrected chi connectivity index (χ3v) is 3.06. The minimum atomic E-state index is 0.622. The van der Waals surface area contributed by atoms with Gasteiger partial charge in [0.2, 0.25) is 0 Å². The Morgan fingerprint density at radius 1 is 1.33 bits per heavy atom. The minimum absolute atomic E-state index is 0.622. The van der Waals surface area contributed by atoms with Crippen LogP contribution in [0.25, 0.3) is 0 Å². The molecular weight excluding hydrogens is 188 g/mol. The number of nitrogens with one attached hydrogen (secondary N) is 1. The summed E-state index contributed by atoms with van der Waals surface area (Å²) in [5.74, 6) is 0. The summed E-state index contributed by atoms with van der Waals surface area (Å²) in [6, 6.07) is 1.27. The number of rotatable bonds is 6. The maximum absolute atomic E-state index is 5.60. The number of hydrogen-bond acceptors (Lipinski definition) is 3. The molecule has 0 aromatic heterocycles. The Morgan fingerprint density at radius 2 is 2.13 bits per heavy atom. The third kappa shape index (κ3) is 4.96. The highest BCUT2D eigenvalue weighted by Gasteiger charge is 2.21. The molecule has 0 bridgehead atoms. The third-order valence-electron chi connectivity index (χ3n) is 3.06. The molecule has 0 amide bonds. The maximum atomic E-state index is 5.60. The predicted molar refractivity (Wildman–Crippen MR) is 64.2 cm³/mol. The first kappa shape index (κ1) is 12.9. The molecule has 3 heteroatoms. The minimum Gasteiger partial charge on any atom is -0.380 e. The molecule has 1 saturated heterocycles. The van der Waals surface area contributed by atoms with Crippen LogP contribution in [0.5, 0.6) is 0 Å². The second-order valence-corrected chi connectivity index (χ2v) is 4.62. The van der Waals surface area contributed by atoms with Crippen LogP contribution in [0.15, 0.2) is 0 Å². The van der Waals surface area contributed by atoms with E-state index >= 15 is 0 Å². The zero-order valence-corrected chi connectivity index (χ0v) is 10.5. The summed E-state index contributed by atoms with van der Waals surface area (Å²) in [5.41, 5.74) is 0. The smallest absolute Gasteiger partial charge is 0.0593 e. The van der Waals surface area contributed by atoms with E-state index in [0.717, 1.165) is 32.8 Å². The second-order valence-electron chi connectivity index (χ2n) is 4.62. The van der Waals surface area contributed by atoms with E-state index < -0.39 is 0 Å². The van der Waals surface area contributed by atoms with E-state index in [1.54, 1.807) is 0 Å². The Labute approximate surface area is 94.2 Å². The summed E-state index contributed by atoms with van der Waals surface area (Å²) >= 11 is 0. The van der Waals surface area contributed by atoms with Crippen molar-refractivity contribution < 1.29 is 4.74 Å². The molecule has 1 fully saturated rings. The van der Waals surface area contributed by atoms with Crippen LogP contribution in [-0.2, 0) is 4.74 Å². The van der Waals surface area contributed by atoms with E-state index in [2.05, 4.69) is 31.0 Å². The van der Waals surface area contributed by atoms with Crippen molar-refractivity contribution >= 4 is 0 Å². The fraction of sp³-hybridized carbons (Fsp3) is 1.00. The SMILES string of the molecule is CCCCOCCN1CC(C)NCC1C. The Kier molecular flexibility index (Phi) is 6.22. The predicted octanol–water partition coefficient (Wildman–Crippen LogP) is 1.49. The molecule has 1 aliphatic rings. The summed E-state index contributed by atoms with van der Waals surface area (Å²) in [5, 5.41) is 3.49. The van der Waals surface area contributed by atoms with E-state index in [0.29, 0.717) is 12.1 Å². The van der Waals surface area contributed by atoms with Gasteiger partial charge in [0.15, 0.2) is 0 Å². The molecule has 0 aliphatic carbocycles. The van der Waals surface area contributed by atoms with E-state index in [1.807, 2.05) is 0 Å². The van der Waals surface area contributed by atoms with Gasteiger partial charge in [-0.15, -0.1) is 0 Å². The van der Waals surface area contributed by atoms with Crippen LogP contribution in [0.2, 0.25) is 0 Å². The van der Waals surface area contributed by atoms with Crippen molar-refractivity contribution in [3.8, 4) is 0 Å². The van der Waals surface area contributed by atoms with Gasteiger partial charge in [0, 0.05) is 38.3 Å². The summed E-state index contributed by atoms with van der Waals surface area (Å²) in [6.07, 6.45) is 2.41. The number of ether oxygens (including phenoxy) is 1. The van der Waals surface area contributed by atoms with Crippen LogP contribution in [-0.4, -0.2) is 49.8 Å². The molecule has 0 saturated carbocycles. The maximum Gasteiger partial charge on any atom is 0.0593 e. The lowest BCUT2D eigenvalue weighted by Gasteiger charge is -2.37. The van der Waals surface area contributed by atoms with E-state index in [-0.39, 0.29) is 0 Å². The number of nitrogens with zero attached hydrogens (tertiary/aromatic N) is 1. The fourth-order valence-corrected chi connectivity index (χ4v) is 1.94. The largest absolute Gasteiger partial charge is 0.380 e. The Balaban J connectivity index is 2.08. The number of unbranched alkanes of at least 4 members (excludes halogenated alkanes) is 1. The first-order valence-corrected chi connectivity index (χ1v) is 6.29. The molecule has 1 heterocycles. The van der Waals surface area contributed by atoms with Gasteiger partial charge in [0.05, 0.1) is 6.61 Å². The summed E-state index contributed by atoms with van der Waals surface area (Å²) < 4.78 is 5.60. The lowest BCUT2D eigenvalue weighted by Crippen LogP contribution is -2.54. The number of piperazine rings is 1. The lowest BCUT2D eigenvalue weighted by molar-refractivity contribution is 0.0711. The van der Waals surface area contributed by atoms with Gasteiger partial charge in [-0.25, -0.2) is 0 Å². The molecule has 90 valence electrons. The average Bonchev–Trinajstić information content (AvgIpc) is 2.23. The molecule has 0 spiro atoms. The molecule has 1 N–H and O–H groups in total. The molecular formula is C12H26N2O. The topological polar surface area (TPSA) is 24.5 Å². The molecule has 15 heavy (non-hydrogen) atoms. The monoisotopic (exact) mass is 214 g/mol. The molecule has 0 radical (unpaired) electrons. The quantitative estimate of drug-likeness (QED) is 0.678. The zero-order chi connectivity index (χ0) is 11.1. The van der Waals surface area contributed by atoms with Gasteiger partial charge in [0.25, 0.3) is 0 Å². The summed E-state index contributed by atoms with van der Waals surface area (Å²) in [6.45, 7) is 11.9. The van der Waals surface area contributed by atoms with Crippen molar-refractivity contribution in [1.82, 2.24) is 10.2 Å². The second kappa shape index (κ2) is 7.20. The van der Waals surface area contributed by atoms with Crippen molar-refractivity contribution in [1.29, 1.82) is 0 Å². The molecule has 2 unspecified atom stereocenters. The van der Waals surface area contributed by atoms with Gasteiger partial charge in [0.1, 0.15) is 0 Å². The van der Waals surface area contributed by atoms with Gasteiger partial charge >= 0.3 is 0 Å². The van der Waals surface area contributed by atoms with Crippen molar-refractivity contribution in [3.63, 3.8) is 0 Å². The van der Waals surface area contributed by atoms with Crippen LogP contribution >= 0.6 is 0 Å². The van der Waals surface area contributed by atoms with Crippen molar-refractivity contribution in [2.75, 3.05) is 32.8 Å². The summed E-state index contributed by atoms with van der Waals surface area (Å²) in [7, 11) is 0. The standard InChI is InChI=1S/C12H26N2O/c1-4-5-7-15-8-6-14-10-11(2)13-9-12(14)3/h11-13H,4-10H2,1-3H3. The van der Waals surface area contributed by atoms with Gasteiger partial charge in [-0.05, 0) is 20.3 Å². The van der Waals surface area contributed by atoms with Crippen LogP contribution < -0.4 is 5.32 Å². The highest BCUT2D eigenvalue weighted by Crippen LogP contribution is 2.05. The highest BCUT2D eigenvalue weighted by molar-refractivity contribution is 4.80. The molecule has 3 nitrogen and oxygen atoms in total. The van der Waals surface area contributed by atoms with Crippen molar-refractivity contribution in [2.24, 2.45) is 0 Å². The van der Waals surface area contributed by atoms with Crippen LogP contribution in [0.1, 0.15) is 33.6 Å². The summed E-state index contributed by atoms with van der Waals surface area (Å²) in [4.78, 5) is 2.52.